The molecule has 0 saturated carbocycles. The summed E-state index contributed by atoms with van der Waals surface area (Å²) in [5, 5.41) is 4.00. The number of rotatable bonds is 4. The molecule has 3 aromatic rings. The highest BCUT2D eigenvalue weighted by Gasteiger charge is 2.32. The normalized spacial score (nSPS) is 14.0. The van der Waals surface area contributed by atoms with E-state index in [0.717, 1.165) is 6.04 Å². The molecule has 2 heteroatoms. The van der Waals surface area contributed by atoms with Gasteiger partial charge in [0.1, 0.15) is 0 Å². The number of hydrogen-bond donors (Lipinski definition) is 0. The summed E-state index contributed by atoms with van der Waals surface area (Å²) in [5.74, 6) is 0. The zero-order valence-electron chi connectivity index (χ0n) is 12.5. The van der Waals surface area contributed by atoms with Crippen molar-refractivity contribution in [2.45, 2.75) is 12.6 Å². The molecule has 3 rings (SSSR count). The zero-order valence-corrected chi connectivity index (χ0v) is 13.5. The number of fused-ring (bicyclic) bond motifs is 1. The smallest absolute Gasteiger partial charge is 0.225 e. The average Bonchev–Trinajstić information content (AvgIpc) is 2.55. The lowest BCUT2D eigenvalue weighted by molar-refractivity contribution is 0.409. The topological polar surface area (TPSA) is 9.23 Å². The van der Waals surface area contributed by atoms with Gasteiger partial charge in [-0.1, -0.05) is 72.8 Å². The Morgan fingerprint density at radius 2 is 1.48 bits per heavy atom. The van der Waals surface area contributed by atoms with Crippen LogP contribution in [0.4, 0.5) is 0 Å². The first kappa shape index (κ1) is 14.1. The highest BCUT2D eigenvalue weighted by Crippen LogP contribution is 2.19. The van der Waals surface area contributed by atoms with E-state index in [1.807, 2.05) is 7.11 Å². The van der Waals surface area contributed by atoms with E-state index in [1.54, 1.807) is 0 Å². The fourth-order valence-electron chi connectivity index (χ4n) is 2.95. The van der Waals surface area contributed by atoms with Gasteiger partial charge in [0.2, 0.25) is 8.32 Å². The van der Waals surface area contributed by atoms with Gasteiger partial charge < -0.3 is 4.43 Å². The summed E-state index contributed by atoms with van der Waals surface area (Å²) in [6.45, 7) is 2.31. The van der Waals surface area contributed by atoms with E-state index in [-0.39, 0.29) is 0 Å². The molecule has 3 aromatic carbocycles. The van der Waals surface area contributed by atoms with Crippen molar-refractivity contribution >= 4 is 24.3 Å². The van der Waals surface area contributed by atoms with E-state index < -0.39 is 8.32 Å². The van der Waals surface area contributed by atoms with Gasteiger partial charge in [0, 0.05) is 7.11 Å². The Kier molecular flexibility index (Phi) is 3.91. The lowest BCUT2D eigenvalue weighted by Gasteiger charge is -2.27. The predicted molar refractivity (Wildman–Crippen MR) is 92.4 cm³/mol. The van der Waals surface area contributed by atoms with Crippen LogP contribution in [0.15, 0.2) is 72.8 Å². The Labute approximate surface area is 127 Å². The van der Waals surface area contributed by atoms with E-state index in [4.69, 9.17) is 4.43 Å². The Balaban J connectivity index is 2.09. The SMILES string of the molecule is CO[Si](C)(Cc1ccccc1)c1cccc2ccccc12. The van der Waals surface area contributed by atoms with E-state index in [9.17, 15) is 0 Å². The third kappa shape index (κ3) is 2.78. The standard InChI is InChI=1S/C19H20OSi/c1-20-21(2,15-16-9-4-3-5-10-16)19-14-8-12-17-11-6-7-13-18(17)19/h3-14H,15H2,1-2H3. The van der Waals surface area contributed by atoms with Crippen LogP contribution in [0.3, 0.4) is 0 Å². The molecule has 0 heterocycles. The summed E-state index contributed by atoms with van der Waals surface area (Å²) in [5.41, 5.74) is 1.35. The van der Waals surface area contributed by atoms with Gasteiger partial charge in [0.15, 0.2) is 0 Å². The van der Waals surface area contributed by atoms with Crippen molar-refractivity contribution in [2.24, 2.45) is 0 Å². The molecule has 0 aliphatic carbocycles. The molecule has 21 heavy (non-hydrogen) atoms. The van der Waals surface area contributed by atoms with Gasteiger partial charge in [-0.3, -0.25) is 0 Å². The molecule has 0 N–H and O–H groups in total. The molecule has 0 aliphatic rings. The highest BCUT2D eigenvalue weighted by atomic mass is 28.4. The van der Waals surface area contributed by atoms with Crippen molar-refractivity contribution in [3.8, 4) is 0 Å². The first-order valence-electron chi connectivity index (χ1n) is 7.30. The van der Waals surface area contributed by atoms with Crippen molar-refractivity contribution in [3.63, 3.8) is 0 Å². The maximum absolute atomic E-state index is 6.07. The summed E-state index contributed by atoms with van der Waals surface area (Å²) in [6, 6.07) is 26.8. The van der Waals surface area contributed by atoms with Crippen molar-refractivity contribution in [3.05, 3.63) is 78.4 Å². The first-order chi connectivity index (χ1) is 10.2. The first-order valence-corrected chi connectivity index (χ1v) is 9.92. The second kappa shape index (κ2) is 5.84. The molecule has 1 nitrogen and oxygen atoms in total. The van der Waals surface area contributed by atoms with Gasteiger partial charge in [-0.15, -0.1) is 0 Å². The summed E-state index contributed by atoms with van der Waals surface area (Å²) in [4.78, 5) is 0. The summed E-state index contributed by atoms with van der Waals surface area (Å²) in [6.07, 6.45) is 0. The maximum Gasteiger partial charge on any atom is 0.225 e. The van der Waals surface area contributed by atoms with Crippen LogP contribution < -0.4 is 5.19 Å². The third-order valence-electron chi connectivity index (χ3n) is 4.19. The van der Waals surface area contributed by atoms with Crippen molar-refractivity contribution < 1.29 is 4.43 Å². The molecule has 1 atom stereocenters. The third-order valence-corrected chi connectivity index (χ3v) is 7.75. The minimum atomic E-state index is -2.00. The van der Waals surface area contributed by atoms with Crippen molar-refractivity contribution in [2.75, 3.05) is 7.11 Å². The molecule has 0 aromatic heterocycles. The van der Waals surface area contributed by atoms with Crippen LogP contribution in [0.1, 0.15) is 5.56 Å². The fraction of sp³-hybridized carbons (Fsp3) is 0.158. The molecule has 1 unspecified atom stereocenters. The quantitative estimate of drug-likeness (QED) is 0.659. The second-order valence-electron chi connectivity index (χ2n) is 5.62. The highest BCUT2D eigenvalue weighted by molar-refractivity contribution is 6.86. The van der Waals surface area contributed by atoms with E-state index in [1.165, 1.54) is 21.5 Å². The predicted octanol–water partition coefficient (Wildman–Crippen LogP) is 4.05. The van der Waals surface area contributed by atoms with Crippen LogP contribution in [0.5, 0.6) is 0 Å². The van der Waals surface area contributed by atoms with Gasteiger partial charge in [0.25, 0.3) is 0 Å². The maximum atomic E-state index is 6.07. The van der Waals surface area contributed by atoms with Gasteiger partial charge in [-0.05, 0) is 34.1 Å². The van der Waals surface area contributed by atoms with Crippen molar-refractivity contribution in [1.82, 2.24) is 0 Å². The van der Waals surface area contributed by atoms with Crippen LogP contribution in [-0.4, -0.2) is 15.4 Å². The van der Waals surface area contributed by atoms with Gasteiger partial charge in [0.05, 0.1) is 0 Å². The summed E-state index contributed by atoms with van der Waals surface area (Å²) >= 11 is 0. The number of hydrogen-bond acceptors (Lipinski definition) is 1. The van der Waals surface area contributed by atoms with Gasteiger partial charge in [-0.2, -0.15) is 0 Å². The molecular weight excluding hydrogens is 272 g/mol. The Hall–Kier alpha value is -1.90. The minimum Gasteiger partial charge on any atom is -0.415 e. The van der Waals surface area contributed by atoms with Gasteiger partial charge in [-0.25, -0.2) is 0 Å². The van der Waals surface area contributed by atoms with E-state index in [2.05, 4.69) is 79.3 Å². The molecule has 0 radical (unpaired) electrons. The van der Waals surface area contributed by atoms with Crippen LogP contribution in [-0.2, 0) is 10.5 Å². The Morgan fingerprint density at radius 1 is 0.810 bits per heavy atom. The van der Waals surface area contributed by atoms with Crippen LogP contribution >= 0.6 is 0 Å². The molecule has 0 amide bonds. The summed E-state index contributed by atoms with van der Waals surface area (Å²) < 4.78 is 6.07. The molecule has 0 bridgehead atoms. The molecule has 0 saturated heterocycles. The second-order valence-corrected chi connectivity index (χ2v) is 9.39. The molecule has 0 aliphatic heterocycles. The van der Waals surface area contributed by atoms with Crippen LogP contribution in [0, 0.1) is 0 Å². The lowest BCUT2D eigenvalue weighted by atomic mass is 10.1. The fourth-order valence-corrected chi connectivity index (χ4v) is 5.76. The van der Waals surface area contributed by atoms with Crippen molar-refractivity contribution in [1.29, 1.82) is 0 Å². The van der Waals surface area contributed by atoms with E-state index >= 15 is 0 Å². The molecular formula is C19H20OSi. The minimum absolute atomic E-state index is 0.998. The summed E-state index contributed by atoms with van der Waals surface area (Å²) in [7, 11) is -0.147. The Morgan fingerprint density at radius 3 is 2.24 bits per heavy atom. The zero-order chi connectivity index (χ0) is 14.7. The lowest BCUT2D eigenvalue weighted by Crippen LogP contribution is -2.50. The molecule has 0 fully saturated rings. The van der Waals surface area contributed by atoms with Crippen LogP contribution in [0.25, 0.3) is 10.8 Å². The number of benzene rings is 3. The van der Waals surface area contributed by atoms with E-state index in [0.29, 0.717) is 0 Å². The van der Waals surface area contributed by atoms with Gasteiger partial charge >= 0.3 is 0 Å². The average molecular weight is 292 g/mol. The van der Waals surface area contributed by atoms with Crippen LogP contribution in [0.2, 0.25) is 6.55 Å². The molecule has 106 valence electrons. The largest absolute Gasteiger partial charge is 0.415 e. The Bertz CT molecular complexity index is 733. The molecule has 0 spiro atoms. The monoisotopic (exact) mass is 292 g/mol.